The van der Waals surface area contributed by atoms with Crippen LogP contribution in [0.3, 0.4) is 0 Å². The van der Waals surface area contributed by atoms with Gasteiger partial charge in [-0.1, -0.05) is 76.2 Å². The molecule has 9 heteroatoms. The molecule has 0 aliphatic carbocycles. The molecule has 2 aromatic rings. The molecule has 4 N–H and O–H groups in total. The molecule has 0 saturated carbocycles. The van der Waals surface area contributed by atoms with E-state index in [-0.39, 0.29) is 36.7 Å². The molecule has 0 unspecified atom stereocenters. The lowest BCUT2D eigenvalue weighted by atomic mass is 9.88. The van der Waals surface area contributed by atoms with Crippen LogP contribution in [0.2, 0.25) is 0 Å². The van der Waals surface area contributed by atoms with Gasteiger partial charge in [-0.05, 0) is 30.0 Å². The van der Waals surface area contributed by atoms with Crippen molar-refractivity contribution in [2.75, 3.05) is 13.1 Å². The summed E-state index contributed by atoms with van der Waals surface area (Å²) in [5.41, 5.74) is 5.21. The monoisotopic (exact) mass is 529 g/mol. The van der Waals surface area contributed by atoms with Crippen LogP contribution < -0.4 is 11.1 Å². The number of nitrogens with two attached hydrogens (primary N) is 1. The van der Waals surface area contributed by atoms with Crippen LogP contribution in [0, 0.1) is 24.2 Å². The zero-order valence-electron chi connectivity index (χ0n) is 22.0. The van der Waals surface area contributed by atoms with Crippen LogP contribution in [-0.2, 0) is 26.0 Å². The number of terminal acetylenes is 1. The van der Waals surface area contributed by atoms with Crippen molar-refractivity contribution in [2.24, 2.45) is 17.1 Å². The first kappa shape index (κ1) is 31.8. The molecule has 2 amide bonds. The van der Waals surface area contributed by atoms with Crippen molar-refractivity contribution in [3.63, 3.8) is 0 Å². The Morgan fingerprint density at radius 1 is 1.00 bits per heavy atom. The second-order valence-corrected chi connectivity index (χ2v) is 11.8. The van der Waals surface area contributed by atoms with Crippen LogP contribution >= 0.6 is 0 Å². The molecule has 8 nitrogen and oxygen atoms in total. The molecule has 0 spiro atoms. The number of benzene rings is 2. The number of amides is 2. The van der Waals surface area contributed by atoms with Crippen LogP contribution in [-0.4, -0.2) is 54.9 Å². The normalized spacial score (nSPS) is 13.3. The largest absolute Gasteiger partial charge is 0.390 e. The number of carbonyl (C=O) groups excluding carboxylic acids is 2. The average Bonchev–Trinajstić information content (AvgIpc) is 2.85. The van der Waals surface area contributed by atoms with E-state index in [0.29, 0.717) is 0 Å². The molecule has 0 aliphatic heterocycles. The maximum Gasteiger partial charge on any atom is 0.243 e. The number of sulfonamides is 1. The lowest BCUT2D eigenvalue weighted by molar-refractivity contribution is -0.133. The molecular weight excluding hydrogens is 490 g/mol. The van der Waals surface area contributed by atoms with Gasteiger partial charge in [0.2, 0.25) is 21.8 Å². The van der Waals surface area contributed by atoms with Crippen LogP contribution in [0.25, 0.3) is 0 Å². The number of nitrogens with one attached hydrogen (secondary N) is 1. The minimum Gasteiger partial charge on any atom is -0.390 e. The summed E-state index contributed by atoms with van der Waals surface area (Å²) in [5, 5.41) is 14.0. The van der Waals surface area contributed by atoms with Crippen LogP contribution in [0.1, 0.15) is 39.7 Å². The van der Waals surface area contributed by atoms with Crippen molar-refractivity contribution >= 4 is 21.8 Å². The highest BCUT2D eigenvalue weighted by atomic mass is 32.2. The van der Waals surface area contributed by atoms with Gasteiger partial charge in [0, 0.05) is 19.5 Å². The topological polar surface area (TPSA) is 130 Å². The molecule has 202 valence electrons. The van der Waals surface area contributed by atoms with Gasteiger partial charge in [0.25, 0.3) is 0 Å². The standard InChI is InChI=1S/C26H37N3O5S.C2H2/c1-19(2)17-29(35(33,34)21-13-9-6-10-14-21)18-23(30)22(15-20-11-7-5-8-12-20)28-24(31)16-26(3,4)25(27)32;1-2/h5-14,19,22-23,30H,15-18H2,1-4H3,(H2,27,32)(H,28,31);1-2H/t22-,23+;/m0./s1. The maximum atomic E-state index is 13.3. The molecule has 2 aromatic carbocycles. The lowest BCUT2D eigenvalue weighted by Gasteiger charge is -2.31. The number of hydrogen-bond donors (Lipinski definition) is 3. The summed E-state index contributed by atoms with van der Waals surface area (Å²) in [4.78, 5) is 24.6. The fraction of sp³-hybridized carbons (Fsp3) is 0.429. The Balaban J connectivity index is 0.00000334. The highest BCUT2D eigenvalue weighted by Crippen LogP contribution is 2.21. The smallest absolute Gasteiger partial charge is 0.243 e. The third-order valence-electron chi connectivity index (χ3n) is 5.72. The number of rotatable bonds is 13. The first-order chi connectivity index (χ1) is 17.3. The van der Waals surface area contributed by atoms with Crippen molar-refractivity contribution in [3.05, 3.63) is 66.2 Å². The first-order valence-corrected chi connectivity index (χ1v) is 13.5. The maximum absolute atomic E-state index is 13.3. The van der Waals surface area contributed by atoms with Crippen molar-refractivity contribution < 1.29 is 23.1 Å². The lowest BCUT2D eigenvalue weighted by Crippen LogP contribution is -2.52. The van der Waals surface area contributed by atoms with Crippen LogP contribution in [0.4, 0.5) is 0 Å². The average molecular weight is 530 g/mol. The number of hydrogen-bond acceptors (Lipinski definition) is 5. The summed E-state index contributed by atoms with van der Waals surface area (Å²) in [6.45, 7) is 6.95. The Morgan fingerprint density at radius 2 is 1.51 bits per heavy atom. The Bertz CT molecular complexity index is 1120. The van der Waals surface area contributed by atoms with E-state index in [1.54, 1.807) is 32.0 Å². The molecule has 0 aromatic heterocycles. The van der Waals surface area contributed by atoms with Crippen molar-refractivity contribution in [1.29, 1.82) is 0 Å². The van der Waals surface area contributed by atoms with Gasteiger partial charge >= 0.3 is 0 Å². The number of aliphatic hydroxyl groups is 1. The highest BCUT2D eigenvalue weighted by molar-refractivity contribution is 7.89. The highest BCUT2D eigenvalue weighted by Gasteiger charge is 2.33. The fourth-order valence-corrected chi connectivity index (χ4v) is 5.30. The van der Waals surface area contributed by atoms with Gasteiger partial charge in [0.05, 0.1) is 22.5 Å². The van der Waals surface area contributed by atoms with Gasteiger partial charge in [0.1, 0.15) is 0 Å². The van der Waals surface area contributed by atoms with Gasteiger partial charge in [-0.25, -0.2) is 8.42 Å². The van der Waals surface area contributed by atoms with E-state index < -0.39 is 39.4 Å². The molecule has 2 atom stereocenters. The Morgan fingerprint density at radius 3 is 2.00 bits per heavy atom. The molecule has 0 saturated heterocycles. The van der Waals surface area contributed by atoms with Gasteiger partial charge in [-0.3, -0.25) is 9.59 Å². The van der Waals surface area contributed by atoms with E-state index in [1.807, 2.05) is 44.2 Å². The SMILES string of the molecule is C#C.CC(C)CN(C[C@@H](O)[C@H](Cc1ccccc1)NC(=O)CC(C)(C)C(N)=O)S(=O)(=O)c1ccccc1. The van der Waals surface area contributed by atoms with Gasteiger partial charge in [-0.2, -0.15) is 4.31 Å². The second kappa shape index (κ2) is 14.5. The quantitative estimate of drug-likeness (QED) is 0.344. The van der Waals surface area contributed by atoms with Crippen molar-refractivity contribution in [1.82, 2.24) is 9.62 Å². The summed E-state index contributed by atoms with van der Waals surface area (Å²) in [6.07, 6.45) is 6.93. The zero-order valence-corrected chi connectivity index (χ0v) is 22.8. The Hall–Kier alpha value is -3.19. The molecule has 2 rings (SSSR count). The molecule has 0 fully saturated rings. The minimum absolute atomic E-state index is 0.0132. The first-order valence-electron chi connectivity index (χ1n) is 12.0. The molecular formula is C28H39N3O5S. The summed E-state index contributed by atoms with van der Waals surface area (Å²) in [7, 11) is -3.87. The number of carbonyl (C=O) groups is 2. The van der Waals surface area contributed by atoms with Gasteiger partial charge < -0.3 is 16.2 Å². The molecule has 0 radical (unpaired) electrons. The molecule has 0 bridgehead atoms. The molecule has 0 heterocycles. The number of aliphatic hydroxyl groups excluding tert-OH is 1. The summed E-state index contributed by atoms with van der Waals surface area (Å²) in [5.74, 6) is -1.04. The molecule has 37 heavy (non-hydrogen) atoms. The molecule has 0 aliphatic rings. The van der Waals surface area contributed by atoms with Gasteiger partial charge in [0.15, 0.2) is 0 Å². The van der Waals surface area contributed by atoms with E-state index in [1.165, 1.54) is 16.4 Å². The number of primary amides is 1. The van der Waals surface area contributed by atoms with Gasteiger partial charge in [-0.15, -0.1) is 12.8 Å². The van der Waals surface area contributed by atoms with Crippen LogP contribution in [0.15, 0.2) is 65.6 Å². The van der Waals surface area contributed by atoms with E-state index in [2.05, 4.69) is 18.2 Å². The van der Waals surface area contributed by atoms with Crippen LogP contribution in [0.5, 0.6) is 0 Å². The zero-order chi connectivity index (χ0) is 28.2. The third-order valence-corrected chi connectivity index (χ3v) is 7.57. The summed E-state index contributed by atoms with van der Waals surface area (Å²) < 4.78 is 27.9. The fourth-order valence-electron chi connectivity index (χ4n) is 3.65. The summed E-state index contributed by atoms with van der Waals surface area (Å²) in [6, 6.07) is 16.6. The van der Waals surface area contributed by atoms with Crippen molar-refractivity contribution in [2.45, 2.75) is 57.6 Å². The minimum atomic E-state index is -3.87. The predicted octanol–water partition coefficient (Wildman–Crippen LogP) is 2.57. The number of nitrogens with zero attached hydrogens (tertiary/aromatic N) is 1. The predicted molar refractivity (Wildman–Crippen MR) is 146 cm³/mol. The van der Waals surface area contributed by atoms with E-state index in [9.17, 15) is 23.1 Å². The third kappa shape index (κ3) is 10.00. The Kier molecular flexibility index (Phi) is 12.5. The van der Waals surface area contributed by atoms with E-state index in [4.69, 9.17) is 5.73 Å². The Labute approximate surface area is 221 Å². The summed E-state index contributed by atoms with van der Waals surface area (Å²) >= 11 is 0. The van der Waals surface area contributed by atoms with Crippen molar-refractivity contribution in [3.8, 4) is 12.8 Å². The van der Waals surface area contributed by atoms with E-state index in [0.717, 1.165) is 5.56 Å². The van der Waals surface area contributed by atoms with E-state index >= 15 is 0 Å². The second-order valence-electron chi connectivity index (χ2n) is 9.88.